The van der Waals surface area contributed by atoms with E-state index in [1.165, 1.54) is 6.07 Å². The van der Waals surface area contributed by atoms with Crippen molar-refractivity contribution in [3.8, 4) is 0 Å². The molecule has 2 N–H and O–H groups in total. The van der Waals surface area contributed by atoms with Crippen LogP contribution < -0.4 is 10.6 Å². The maximum Gasteiger partial charge on any atom is 0.243 e. The van der Waals surface area contributed by atoms with Crippen LogP contribution in [0.1, 0.15) is 0 Å². The summed E-state index contributed by atoms with van der Waals surface area (Å²) in [5.41, 5.74) is -0.676. The molecule has 2 rings (SSSR count). The van der Waals surface area contributed by atoms with Crippen molar-refractivity contribution < 1.29 is 22.4 Å². The van der Waals surface area contributed by atoms with E-state index in [4.69, 9.17) is 0 Å². The van der Waals surface area contributed by atoms with Gasteiger partial charge in [-0.05, 0) is 24.3 Å². The Kier molecular flexibility index (Phi) is 4.42. The molecule has 0 radical (unpaired) electrons. The fourth-order valence-electron chi connectivity index (χ4n) is 1.62. The van der Waals surface area contributed by atoms with Gasteiger partial charge in [0, 0.05) is 6.07 Å². The van der Waals surface area contributed by atoms with Crippen LogP contribution in [0.2, 0.25) is 0 Å². The van der Waals surface area contributed by atoms with Crippen LogP contribution in [0.4, 0.5) is 28.9 Å². The van der Waals surface area contributed by atoms with Gasteiger partial charge >= 0.3 is 0 Å². The highest BCUT2D eigenvalue weighted by molar-refractivity contribution is 5.93. The SMILES string of the molecule is O=C(CNc1c(F)cccc1F)Nc1ccc(F)cc1F. The van der Waals surface area contributed by atoms with Crippen LogP contribution in [0, 0.1) is 23.3 Å². The number of rotatable bonds is 4. The second-order valence-electron chi connectivity index (χ2n) is 4.12. The first-order valence-corrected chi connectivity index (χ1v) is 5.90. The number of carbonyl (C=O) groups is 1. The highest BCUT2D eigenvalue weighted by Crippen LogP contribution is 2.18. The lowest BCUT2D eigenvalue weighted by Crippen LogP contribution is -2.23. The van der Waals surface area contributed by atoms with E-state index in [2.05, 4.69) is 10.6 Å². The number of carbonyl (C=O) groups excluding carboxylic acids is 1. The van der Waals surface area contributed by atoms with Crippen LogP contribution >= 0.6 is 0 Å². The topological polar surface area (TPSA) is 41.1 Å². The first-order chi connectivity index (χ1) is 9.97. The molecule has 0 saturated heterocycles. The van der Waals surface area contributed by atoms with E-state index in [1.807, 2.05) is 0 Å². The third kappa shape index (κ3) is 3.71. The third-order valence-corrected chi connectivity index (χ3v) is 2.59. The van der Waals surface area contributed by atoms with Crippen molar-refractivity contribution in [2.45, 2.75) is 0 Å². The van der Waals surface area contributed by atoms with E-state index in [0.717, 1.165) is 24.3 Å². The predicted octanol–water partition coefficient (Wildman–Crippen LogP) is 3.29. The molecular weight excluding hydrogens is 288 g/mol. The van der Waals surface area contributed by atoms with Crippen LogP contribution in [0.25, 0.3) is 0 Å². The molecule has 0 aliphatic carbocycles. The van der Waals surface area contributed by atoms with Crippen LogP contribution in [0.3, 0.4) is 0 Å². The summed E-state index contributed by atoms with van der Waals surface area (Å²) < 4.78 is 52.6. The van der Waals surface area contributed by atoms with E-state index >= 15 is 0 Å². The number of halogens is 4. The third-order valence-electron chi connectivity index (χ3n) is 2.59. The Morgan fingerprint density at radius 1 is 0.952 bits per heavy atom. The standard InChI is InChI=1S/C14H10F4N2O/c15-8-4-5-12(11(18)6-8)20-13(21)7-19-14-9(16)2-1-3-10(14)17/h1-6,19H,7H2,(H,20,21). The smallest absolute Gasteiger partial charge is 0.243 e. The first-order valence-electron chi connectivity index (χ1n) is 5.90. The molecule has 0 atom stereocenters. The molecule has 0 spiro atoms. The number of anilines is 2. The van der Waals surface area contributed by atoms with Gasteiger partial charge < -0.3 is 10.6 Å². The van der Waals surface area contributed by atoms with Crippen LogP contribution in [0.5, 0.6) is 0 Å². The zero-order valence-corrected chi connectivity index (χ0v) is 10.6. The second kappa shape index (κ2) is 6.25. The molecule has 0 aromatic heterocycles. The summed E-state index contributed by atoms with van der Waals surface area (Å²) in [5, 5.41) is 4.43. The van der Waals surface area contributed by atoms with Crippen molar-refractivity contribution in [1.29, 1.82) is 0 Å². The number of amides is 1. The Morgan fingerprint density at radius 2 is 1.62 bits per heavy atom. The zero-order chi connectivity index (χ0) is 15.4. The number of nitrogens with one attached hydrogen (secondary N) is 2. The average Bonchev–Trinajstić information content (AvgIpc) is 2.41. The molecule has 0 aliphatic heterocycles. The minimum atomic E-state index is -0.944. The number of para-hydroxylation sites is 1. The zero-order valence-electron chi connectivity index (χ0n) is 10.6. The maximum atomic E-state index is 13.3. The first kappa shape index (κ1) is 14.8. The van der Waals surface area contributed by atoms with E-state index in [-0.39, 0.29) is 5.69 Å². The quantitative estimate of drug-likeness (QED) is 0.850. The van der Waals surface area contributed by atoms with Gasteiger partial charge in [0.05, 0.1) is 12.2 Å². The van der Waals surface area contributed by atoms with E-state index in [0.29, 0.717) is 6.07 Å². The monoisotopic (exact) mass is 298 g/mol. The van der Waals surface area contributed by atoms with Crippen molar-refractivity contribution in [3.63, 3.8) is 0 Å². The Morgan fingerprint density at radius 3 is 2.24 bits per heavy atom. The minimum Gasteiger partial charge on any atom is -0.371 e. The van der Waals surface area contributed by atoms with Crippen molar-refractivity contribution >= 4 is 17.3 Å². The van der Waals surface area contributed by atoms with Gasteiger partial charge in [-0.15, -0.1) is 0 Å². The molecule has 21 heavy (non-hydrogen) atoms. The Hall–Kier alpha value is -2.57. The average molecular weight is 298 g/mol. The molecule has 0 aliphatic rings. The fraction of sp³-hybridized carbons (Fsp3) is 0.0714. The van der Waals surface area contributed by atoms with Gasteiger partial charge in [-0.25, -0.2) is 17.6 Å². The number of hydrogen-bond acceptors (Lipinski definition) is 2. The molecule has 110 valence electrons. The molecule has 3 nitrogen and oxygen atoms in total. The van der Waals surface area contributed by atoms with Crippen molar-refractivity contribution in [2.75, 3.05) is 17.2 Å². The molecular formula is C14H10F4N2O. The van der Waals surface area contributed by atoms with Crippen molar-refractivity contribution in [1.82, 2.24) is 0 Å². The van der Waals surface area contributed by atoms with Crippen molar-refractivity contribution in [2.24, 2.45) is 0 Å². The summed E-state index contributed by atoms with van der Waals surface area (Å²) in [7, 11) is 0. The van der Waals surface area contributed by atoms with Gasteiger partial charge in [0.15, 0.2) is 0 Å². The Balaban J connectivity index is 1.99. The van der Waals surface area contributed by atoms with Gasteiger partial charge in [-0.2, -0.15) is 0 Å². The minimum absolute atomic E-state index is 0.225. The molecule has 0 fully saturated rings. The van der Waals surface area contributed by atoms with Gasteiger partial charge in [-0.3, -0.25) is 4.79 Å². The molecule has 0 heterocycles. The van der Waals surface area contributed by atoms with Gasteiger partial charge in [0.2, 0.25) is 5.91 Å². The fourth-order valence-corrected chi connectivity index (χ4v) is 1.62. The Bertz CT molecular complexity index is 656. The van der Waals surface area contributed by atoms with E-state index in [1.54, 1.807) is 0 Å². The van der Waals surface area contributed by atoms with Gasteiger partial charge in [-0.1, -0.05) is 6.07 Å². The molecule has 1 amide bonds. The second-order valence-corrected chi connectivity index (χ2v) is 4.12. The molecule has 0 bridgehead atoms. The summed E-state index contributed by atoms with van der Waals surface area (Å²) in [6.07, 6.45) is 0. The summed E-state index contributed by atoms with van der Waals surface area (Å²) in [4.78, 5) is 11.6. The lowest BCUT2D eigenvalue weighted by Gasteiger charge is -2.09. The molecule has 0 unspecified atom stereocenters. The lowest BCUT2D eigenvalue weighted by molar-refractivity contribution is -0.114. The summed E-state index contributed by atoms with van der Waals surface area (Å²) in [5.74, 6) is -4.16. The number of hydrogen-bond donors (Lipinski definition) is 2. The molecule has 0 saturated carbocycles. The van der Waals surface area contributed by atoms with Crippen LogP contribution in [-0.4, -0.2) is 12.5 Å². The number of benzene rings is 2. The maximum absolute atomic E-state index is 13.3. The highest BCUT2D eigenvalue weighted by atomic mass is 19.1. The van der Waals surface area contributed by atoms with E-state index in [9.17, 15) is 22.4 Å². The van der Waals surface area contributed by atoms with Crippen LogP contribution in [0.15, 0.2) is 36.4 Å². The summed E-state index contributed by atoms with van der Waals surface area (Å²) >= 11 is 0. The Labute approximate surface area is 117 Å². The lowest BCUT2D eigenvalue weighted by atomic mass is 10.2. The normalized spacial score (nSPS) is 10.3. The van der Waals surface area contributed by atoms with Crippen molar-refractivity contribution in [3.05, 3.63) is 59.7 Å². The van der Waals surface area contributed by atoms with E-state index < -0.39 is 41.4 Å². The highest BCUT2D eigenvalue weighted by Gasteiger charge is 2.11. The largest absolute Gasteiger partial charge is 0.371 e. The van der Waals surface area contributed by atoms with Gasteiger partial charge in [0.1, 0.15) is 29.0 Å². The van der Waals surface area contributed by atoms with Crippen LogP contribution in [-0.2, 0) is 4.79 Å². The molecule has 2 aromatic carbocycles. The molecule has 2 aromatic rings. The molecule has 7 heteroatoms. The summed E-state index contributed by atoms with van der Waals surface area (Å²) in [6, 6.07) is 5.88. The summed E-state index contributed by atoms with van der Waals surface area (Å²) in [6.45, 7) is -0.478. The predicted molar refractivity (Wildman–Crippen MR) is 69.8 cm³/mol. The van der Waals surface area contributed by atoms with Gasteiger partial charge in [0.25, 0.3) is 0 Å².